The quantitative estimate of drug-likeness (QED) is 0.290. The Labute approximate surface area is 126 Å². The van der Waals surface area contributed by atoms with E-state index in [1.54, 1.807) is 7.11 Å². The van der Waals surface area contributed by atoms with E-state index < -0.39 is 0 Å². The highest BCUT2D eigenvalue weighted by Crippen LogP contribution is 2.20. The van der Waals surface area contributed by atoms with E-state index >= 15 is 0 Å². The molecule has 0 aliphatic rings. The molecule has 1 atom stereocenters. The number of unbranched alkanes of at least 4 members (excludes halogenated alkanes) is 8. The fourth-order valence-corrected chi connectivity index (χ4v) is 2.77. The molecule has 0 aromatic carbocycles. The van der Waals surface area contributed by atoms with Crippen molar-refractivity contribution in [1.82, 2.24) is 0 Å². The molecule has 0 aromatic rings. The summed E-state index contributed by atoms with van der Waals surface area (Å²) >= 11 is 5.35. The molecule has 114 valence electrons. The Morgan fingerprint density at radius 2 is 1.21 bits per heavy atom. The smallest absolute Gasteiger partial charge is 0.162 e. The molecule has 0 N–H and O–H groups in total. The lowest BCUT2D eigenvalue weighted by Crippen LogP contribution is -2.14. The van der Waals surface area contributed by atoms with Crippen LogP contribution in [0.3, 0.4) is 0 Å². The van der Waals surface area contributed by atoms with Gasteiger partial charge in [0.2, 0.25) is 0 Å². The van der Waals surface area contributed by atoms with Crippen LogP contribution in [0.2, 0.25) is 0 Å². The van der Waals surface area contributed by atoms with Crippen LogP contribution in [-0.4, -0.2) is 12.2 Å². The summed E-state index contributed by atoms with van der Waals surface area (Å²) in [5.41, 5.74) is 0. The van der Waals surface area contributed by atoms with E-state index in [0.717, 1.165) is 5.05 Å². The van der Waals surface area contributed by atoms with Crippen molar-refractivity contribution in [3.8, 4) is 0 Å². The first-order chi connectivity index (χ1) is 9.26. The molecular weight excluding hydrogens is 252 g/mol. The first-order valence-electron chi connectivity index (χ1n) is 8.34. The molecule has 2 heteroatoms. The normalized spacial score (nSPS) is 12.4. The van der Waals surface area contributed by atoms with Gasteiger partial charge in [-0.1, -0.05) is 78.1 Å². The Balaban J connectivity index is 3.71. The van der Waals surface area contributed by atoms with Crippen LogP contribution < -0.4 is 0 Å². The van der Waals surface area contributed by atoms with Crippen LogP contribution in [0.1, 0.15) is 90.9 Å². The Hall–Kier alpha value is -0.110. The Bertz CT molecular complexity index is 203. The van der Waals surface area contributed by atoms with Crippen molar-refractivity contribution < 1.29 is 4.74 Å². The summed E-state index contributed by atoms with van der Waals surface area (Å²) in [6.07, 6.45) is 15.9. The van der Waals surface area contributed by atoms with Crippen molar-refractivity contribution in [2.45, 2.75) is 90.9 Å². The molecule has 0 aromatic heterocycles. The molecular formula is C17H34OS. The summed E-state index contributed by atoms with van der Waals surface area (Å²) in [5, 5.41) is 0.838. The zero-order valence-corrected chi connectivity index (χ0v) is 14.2. The van der Waals surface area contributed by atoms with Crippen molar-refractivity contribution in [3.63, 3.8) is 0 Å². The minimum atomic E-state index is 0.517. The van der Waals surface area contributed by atoms with Crippen LogP contribution >= 0.6 is 12.2 Å². The van der Waals surface area contributed by atoms with Crippen LogP contribution in [0, 0.1) is 5.92 Å². The second-order valence-electron chi connectivity index (χ2n) is 5.63. The second-order valence-corrected chi connectivity index (χ2v) is 6.03. The third kappa shape index (κ3) is 11.4. The van der Waals surface area contributed by atoms with Crippen LogP contribution in [-0.2, 0) is 4.74 Å². The molecule has 0 saturated carbocycles. The largest absolute Gasteiger partial charge is 0.490 e. The molecule has 0 aliphatic carbocycles. The number of hydrogen-bond acceptors (Lipinski definition) is 2. The molecule has 0 heterocycles. The van der Waals surface area contributed by atoms with Gasteiger partial charge in [-0.2, -0.15) is 0 Å². The molecule has 0 saturated heterocycles. The highest BCUT2D eigenvalue weighted by Gasteiger charge is 2.14. The molecule has 0 unspecified atom stereocenters. The third-order valence-electron chi connectivity index (χ3n) is 3.85. The highest BCUT2D eigenvalue weighted by atomic mass is 32.1. The van der Waals surface area contributed by atoms with E-state index in [-0.39, 0.29) is 0 Å². The van der Waals surface area contributed by atoms with Gasteiger partial charge in [0.15, 0.2) is 5.05 Å². The summed E-state index contributed by atoms with van der Waals surface area (Å²) in [4.78, 5) is 0. The van der Waals surface area contributed by atoms with Gasteiger partial charge in [-0.15, -0.1) is 0 Å². The maximum atomic E-state index is 5.35. The van der Waals surface area contributed by atoms with Gasteiger partial charge in [-0.3, -0.25) is 0 Å². The lowest BCUT2D eigenvalue weighted by Gasteiger charge is -2.17. The van der Waals surface area contributed by atoms with Gasteiger partial charge >= 0.3 is 0 Å². The molecule has 0 amide bonds. The molecule has 19 heavy (non-hydrogen) atoms. The van der Waals surface area contributed by atoms with Crippen LogP contribution in [0.4, 0.5) is 0 Å². The lowest BCUT2D eigenvalue weighted by molar-refractivity contribution is 0.355. The summed E-state index contributed by atoms with van der Waals surface area (Å²) in [6, 6.07) is 0. The number of hydrogen-bond donors (Lipinski definition) is 0. The predicted octanol–water partition coefficient (Wildman–Crippen LogP) is 6.30. The Kier molecular flexibility index (Phi) is 14.2. The van der Waals surface area contributed by atoms with Gasteiger partial charge < -0.3 is 4.74 Å². The molecule has 0 fully saturated rings. The van der Waals surface area contributed by atoms with E-state index in [4.69, 9.17) is 17.0 Å². The van der Waals surface area contributed by atoms with Crippen molar-refractivity contribution in [3.05, 3.63) is 0 Å². The maximum absolute atomic E-state index is 5.35. The highest BCUT2D eigenvalue weighted by molar-refractivity contribution is 7.80. The van der Waals surface area contributed by atoms with Gasteiger partial charge in [0.1, 0.15) is 0 Å². The van der Waals surface area contributed by atoms with Crippen LogP contribution in [0.5, 0.6) is 0 Å². The SMILES string of the molecule is CCCCCCCC[C@H](CCCCCC)C(=S)OC. The second kappa shape index (κ2) is 14.3. The summed E-state index contributed by atoms with van der Waals surface area (Å²) < 4.78 is 5.30. The Morgan fingerprint density at radius 1 is 0.789 bits per heavy atom. The van der Waals surface area contributed by atoms with Crippen LogP contribution in [0.25, 0.3) is 0 Å². The average molecular weight is 287 g/mol. The molecule has 0 rings (SSSR count). The first-order valence-corrected chi connectivity index (χ1v) is 8.74. The minimum absolute atomic E-state index is 0.517. The minimum Gasteiger partial charge on any atom is -0.490 e. The van der Waals surface area contributed by atoms with Crippen molar-refractivity contribution in [2.75, 3.05) is 7.11 Å². The zero-order valence-electron chi connectivity index (χ0n) is 13.4. The number of ether oxygens (including phenoxy) is 1. The molecule has 0 aliphatic heterocycles. The lowest BCUT2D eigenvalue weighted by atomic mass is 9.95. The van der Waals surface area contributed by atoms with E-state index in [1.807, 2.05) is 0 Å². The molecule has 0 spiro atoms. The van der Waals surface area contributed by atoms with Crippen LogP contribution in [0.15, 0.2) is 0 Å². The Morgan fingerprint density at radius 3 is 1.68 bits per heavy atom. The number of thiocarbonyl (C=S) groups is 1. The topological polar surface area (TPSA) is 9.23 Å². The van der Waals surface area contributed by atoms with Crippen molar-refractivity contribution in [2.24, 2.45) is 5.92 Å². The third-order valence-corrected chi connectivity index (χ3v) is 4.35. The molecule has 0 bridgehead atoms. The number of methoxy groups -OCH3 is 1. The fourth-order valence-electron chi connectivity index (χ4n) is 2.54. The van der Waals surface area contributed by atoms with Crippen molar-refractivity contribution >= 4 is 17.3 Å². The zero-order chi connectivity index (χ0) is 14.3. The van der Waals surface area contributed by atoms with E-state index in [9.17, 15) is 0 Å². The van der Waals surface area contributed by atoms with Gasteiger partial charge in [0, 0.05) is 5.92 Å². The monoisotopic (exact) mass is 286 g/mol. The maximum Gasteiger partial charge on any atom is 0.162 e. The van der Waals surface area contributed by atoms with Gasteiger partial charge in [-0.05, 0) is 25.1 Å². The summed E-state index contributed by atoms with van der Waals surface area (Å²) in [6.45, 7) is 4.52. The summed E-state index contributed by atoms with van der Waals surface area (Å²) in [5.74, 6) is 0.517. The van der Waals surface area contributed by atoms with E-state index in [2.05, 4.69) is 13.8 Å². The molecule has 1 nitrogen and oxygen atoms in total. The first kappa shape index (κ1) is 18.9. The fraction of sp³-hybridized carbons (Fsp3) is 0.941. The molecule has 0 radical (unpaired) electrons. The summed E-state index contributed by atoms with van der Waals surface area (Å²) in [7, 11) is 1.72. The number of rotatable bonds is 13. The predicted molar refractivity (Wildman–Crippen MR) is 89.8 cm³/mol. The van der Waals surface area contributed by atoms with E-state index in [0.29, 0.717) is 5.92 Å². The van der Waals surface area contributed by atoms with Crippen molar-refractivity contribution in [1.29, 1.82) is 0 Å². The van der Waals surface area contributed by atoms with E-state index in [1.165, 1.54) is 77.0 Å². The van der Waals surface area contributed by atoms with Gasteiger partial charge in [-0.25, -0.2) is 0 Å². The standard InChI is InChI=1S/C17H34OS/c1-4-6-8-10-11-13-15-16(17(19)18-3)14-12-9-7-5-2/h16H,4-15H2,1-3H3/t16-/m0/s1. The average Bonchev–Trinajstić information content (AvgIpc) is 2.44. The van der Waals surface area contributed by atoms with Gasteiger partial charge in [0.25, 0.3) is 0 Å². The van der Waals surface area contributed by atoms with Gasteiger partial charge in [0.05, 0.1) is 7.11 Å².